The van der Waals surface area contributed by atoms with Crippen molar-refractivity contribution >= 4 is 29.2 Å². The summed E-state index contributed by atoms with van der Waals surface area (Å²) in [6, 6.07) is 1.55. The molecule has 0 bridgehead atoms. The van der Waals surface area contributed by atoms with E-state index in [0.29, 0.717) is 41.5 Å². The third kappa shape index (κ3) is 5.38. The summed E-state index contributed by atoms with van der Waals surface area (Å²) in [7, 11) is 0. The van der Waals surface area contributed by atoms with Gasteiger partial charge in [-0.3, -0.25) is 4.79 Å². The number of ether oxygens (including phenoxy) is 3. The molecule has 30 heavy (non-hydrogen) atoms. The maximum absolute atomic E-state index is 12.9. The van der Waals surface area contributed by atoms with Gasteiger partial charge >= 0.3 is 11.9 Å². The molecule has 2 aliphatic heterocycles. The molecule has 7 nitrogen and oxygen atoms in total. The fourth-order valence-corrected chi connectivity index (χ4v) is 4.25. The molecule has 8 heteroatoms. The zero-order valence-electron chi connectivity index (χ0n) is 18.0. The minimum absolute atomic E-state index is 0.151. The summed E-state index contributed by atoms with van der Waals surface area (Å²) in [5, 5.41) is 0.346. The number of likely N-dealkylation sites (tertiary alicyclic amines) is 1. The number of carbonyl (C=O) groups is 2. The van der Waals surface area contributed by atoms with Crippen LogP contribution < -0.4 is 10.5 Å². The van der Waals surface area contributed by atoms with Crippen molar-refractivity contribution in [3.05, 3.63) is 22.2 Å². The number of rotatable bonds is 7. The molecule has 2 heterocycles. The van der Waals surface area contributed by atoms with Crippen molar-refractivity contribution in [2.45, 2.75) is 64.6 Å². The van der Waals surface area contributed by atoms with E-state index in [-0.39, 0.29) is 12.1 Å². The average Bonchev–Trinajstić information content (AvgIpc) is 3.02. The second-order valence-corrected chi connectivity index (χ2v) is 8.93. The molecular formula is C22H31ClN2O5. The zero-order valence-corrected chi connectivity index (χ0v) is 18.7. The number of hydrogen-bond acceptors (Lipinski definition) is 7. The lowest BCUT2D eigenvalue weighted by Gasteiger charge is -2.31. The van der Waals surface area contributed by atoms with Gasteiger partial charge in [-0.15, -0.1) is 0 Å². The molecule has 0 radical (unpaired) electrons. The Kier molecular flexibility index (Phi) is 7.14. The second-order valence-electron chi connectivity index (χ2n) is 8.52. The van der Waals surface area contributed by atoms with Gasteiger partial charge in [0.1, 0.15) is 23.0 Å². The van der Waals surface area contributed by atoms with Gasteiger partial charge in [-0.05, 0) is 52.6 Å². The van der Waals surface area contributed by atoms with Gasteiger partial charge in [0, 0.05) is 31.5 Å². The number of esters is 2. The van der Waals surface area contributed by atoms with Crippen molar-refractivity contribution in [1.29, 1.82) is 0 Å². The van der Waals surface area contributed by atoms with E-state index in [1.807, 2.05) is 20.8 Å². The molecule has 0 amide bonds. The van der Waals surface area contributed by atoms with Crippen molar-refractivity contribution in [3.63, 3.8) is 0 Å². The molecule has 2 aliphatic rings. The summed E-state index contributed by atoms with van der Waals surface area (Å²) in [6.07, 6.45) is 3.15. The Morgan fingerprint density at radius 1 is 1.33 bits per heavy atom. The van der Waals surface area contributed by atoms with Crippen LogP contribution in [0.3, 0.4) is 0 Å². The number of benzene rings is 1. The summed E-state index contributed by atoms with van der Waals surface area (Å²) < 4.78 is 16.7. The first-order valence-electron chi connectivity index (χ1n) is 10.6. The van der Waals surface area contributed by atoms with Crippen LogP contribution in [-0.4, -0.2) is 54.8 Å². The molecular weight excluding hydrogens is 408 g/mol. The molecule has 0 aromatic heterocycles. The highest BCUT2D eigenvalue weighted by atomic mass is 35.5. The number of fused-ring (bicyclic) bond motifs is 1. The highest BCUT2D eigenvalue weighted by Gasteiger charge is 2.37. The smallest absolute Gasteiger partial charge is 0.342 e. The van der Waals surface area contributed by atoms with Crippen molar-refractivity contribution in [2.24, 2.45) is 0 Å². The van der Waals surface area contributed by atoms with Crippen molar-refractivity contribution in [1.82, 2.24) is 4.90 Å². The van der Waals surface area contributed by atoms with Gasteiger partial charge < -0.3 is 24.8 Å². The summed E-state index contributed by atoms with van der Waals surface area (Å²) >= 11 is 6.26. The third-order valence-electron chi connectivity index (χ3n) is 5.54. The summed E-state index contributed by atoms with van der Waals surface area (Å²) in [4.78, 5) is 26.6. The molecule has 1 saturated heterocycles. The maximum atomic E-state index is 12.9. The van der Waals surface area contributed by atoms with Crippen LogP contribution in [0.4, 0.5) is 5.69 Å². The van der Waals surface area contributed by atoms with Gasteiger partial charge in [0.15, 0.2) is 0 Å². The minimum Gasteiger partial charge on any atom is -0.486 e. The fraction of sp³-hybridized carbons (Fsp3) is 0.636. The molecule has 0 unspecified atom stereocenters. The molecule has 1 fully saturated rings. The molecule has 1 aromatic rings. The lowest BCUT2D eigenvalue weighted by atomic mass is 9.98. The van der Waals surface area contributed by atoms with E-state index in [2.05, 4.69) is 4.90 Å². The predicted molar refractivity (Wildman–Crippen MR) is 115 cm³/mol. The third-order valence-corrected chi connectivity index (χ3v) is 5.85. The van der Waals surface area contributed by atoms with E-state index >= 15 is 0 Å². The van der Waals surface area contributed by atoms with E-state index in [4.69, 9.17) is 31.5 Å². The molecule has 166 valence electrons. The van der Waals surface area contributed by atoms with Gasteiger partial charge in [0.25, 0.3) is 0 Å². The Bertz CT molecular complexity index is 803. The highest BCUT2D eigenvalue weighted by Crippen LogP contribution is 2.44. The van der Waals surface area contributed by atoms with Gasteiger partial charge in [-0.2, -0.15) is 0 Å². The maximum Gasteiger partial charge on any atom is 0.342 e. The number of halogens is 1. The van der Waals surface area contributed by atoms with Crippen LogP contribution in [0.15, 0.2) is 6.07 Å². The van der Waals surface area contributed by atoms with E-state index in [9.17, 15) is 9.59 Å². The fourth-order valence-electron chi connectivity index (χ4n) is 4.03. The Balaban J connectivity index is 1.53. The highest BCUT2D eigenvalue weighted by molar-refractivity contribution is 6.33. The number of anilines is 1. The lowest BCUT2D eigenvalue weighted by Crippen LogP contribution is -2.38. The standard InChI is InChI=1S/C22H31ClN2O5/c1-4-28-18(26)6-5-9-25-10-7-14(8-11-25)29-21(27)15-12-17(23)19(24)16-13-22(2,3)30-20(15)16/h12,14H,4-11,13,24H2,1-3H3. The summed E-state index contributed by atoms with van der Waals surface area (Å²) in [6.45, 7) is 8.61. The number of hydrogen-bond donors (Lipinski definition) is 1. The Labute approximate surface area is 182 Å². The quantitative estimate of drug-likeness (QED) is 0.513. The Hall–Kier alpha value is -1.99. The first-order chi connectivity index (χ1) is 14.2. The van der Waals surface area contributed by atoms with Crippen LogP contribution in [0, 0.1) is 0 Å². The molecule has 0 aliphatic carbocycles. The molecule has 2 N–H and O–H groups in total. The van der Waals surface area contributed by atoms with E-state index in [0.717, 1.165) is 44.5 Å². The van der Waals surface area contributed by atoms with Crippen molar-refractivity contribution in [2.75, 3.05) is 32.0 Å². The van der Waals surface area contributed by atoms with E-state index < -0.39 is 11.6 Å². The van der Waals surface area contributed by atoms with Crippen LogP contribution in [0.1, 0.15) is 62.4 Å². The average molecular weight is 439 g/mol. The number of nitrogens with two attached hydrogens (primary N) is 1. The summed E-state index contributed by atoms with van der Waals surface area (Å²) in [5.41, 5.74) is 7.24. The molecule has 0 atom stereocenters. The topological polar surface area (TPSA) is 91.1 Å². The van der Waals surface area contributed by atoms with E-state index in [1.165, 1.54) is 0 Å². The minimum atomic E-state index is -0.439. The van der Waals surface area contributed by atoms with Gasteiger partial charge in [-0.1, -0.05) is 11.6 Å². The van der Waals surface area contributed by atoms with E-state index in [1.54, 1.807) is 6.07 Å². The molecule has 0 spiro atoms. The van der Waals surface area contributed by atoms with Crippen LogP contribution in [0.2, 0.25) is 5.02 Å². The lowest BCUT2D eigenvalue weighted by molar-refractivity contribution is -0.143. The Morgan fingerprint density at radius 2 is 2.03 bits per heavy atom. The first-order valence-corrected chi connectivity index (χ1v) is 11.0. The SMILES string of the molecule is CCOC(=O)CCCN1CCC(OC(=O)c2cc(Cl)c(N)c3c2OC(C)(C)C3)CC1. The van der Waals surface area contributed by atoms with Crippen LogP contribution in [-0.2, 0) is 20.7 Å². The largest absolute Gasteiger partial charge is 0.486 e. The zero-order chi connectivity index (χ0) is 21.9. The normalized spacial score (nSPS) is 18.5. The monoisotopic (exact) mass is 438 g/mol. The number of nitrogen functional groups attached to an aromatic ring is 1. The van der Waals surface area contributed by atoms with Gasteiger partial charge in [0.2, 0.25) is 0 Å². The molecule has 0 saturated carbocycles. The number of nitrogens with zero attached hydrogens (tertiary/aromatic N) is 1. The molecule has 3 rings (SSSR count). The van der Waals surface area contributed by atoms with Crippen LogP contribution in [0.25, 0.3) is 0 Å². The predicted octanol–water partition coefficient (Wildman–Crippen LogP) is 3.60. The summed E-state index contributed by atoms with van der Waals surface area (Å²) in [5.74, 6) is -0.0867. The number of carbonyl (C=O) groups excluding carboxylic acids is 2. The Morgan fingerprint density at radius 3 is 2.70 bits per heavy atom. The van der Waals surface area contributed by atoms with Gasteiger partial charge in [0.05, 0.1) is 17.3 Å². The van der Waals surface area contributed by atoms with Crippen LogP contribution in [0.5, 0.6) is 5.75 Å². The van der Waals surface area contributed by atoms with Crippen molar-refractivity contribution in [3.8, 4) is 5.75 Å². The molecule has 1 aromatic carbocycles. The second kappa shape index (κ2) is 9.43. The number of piperidine rings is 1. The van der Waals surface area contributed by atoms with Crippen LogP contribution >= 0.6 is 11.6 Å². The van der Waals surface area contributed by atoms with Gasteiger partial charge in [-0.25, -0.2) is 4.79 Å². The first kappa shape index (κ1) is 22.7. The van der Waals surface area contributed by atoms with Crippen molar-refractivity contribution < 1.29 is 23.8 Å².